The molecule has 0 saturated carbocycles. The molecule has 1 aromatic carbocycles. The maximum Gasteiger partial charge on any atom is 0.237 e. The van der Waals surface area contributed by atoms with Crippen molar-refractivity contribution in [1.82, 2.24) is 0 Å². The van der Waals surface area contributed by atoms with Crippen molar-refractivity contribution < 1.29 is 9.18 Å². The summed E-state index contributed by atoms with van der Waals surface area (Å²) in [4.78, 5) is 11.2. The van der Waals surface area contributed by atoms with Gasteiger partial charge in [-0.3, -0.25) is 4.79 Å². The lowest BCUT2D eigenvalue weighted by Gasteiger charge is -2.07. The zero-order chi connectivity index (χ0) is 10.7. The van der Waals surface area contributed by atoms with Gasteiger partial charge in [-0.25, -0.2) is 4.39 Å². The van der Waals surface area contributed by atoms with Gasteiger partial charge in [-0.2, -0.15) is 12.6 Å². The Morgan fingerprint density at radius 2 is 2.29 bits per heavy atom. The molecular weight excluding hydrogens is 225 g/mol. The SMILES string of the molecule is CC(S)C(=O)Nc1ccc(Cl)cc1F. The van der Waals surface area contributed by atoms with Crippen molar-refractivity contribution >= 4 is 35.8 Å². The Labute approximate surface area is 91.9 Å². The number of carbonyl (C=O) groups is 1. The maximum atomic E-state index is 13.2. The van der Waals surface area contributed by atoms with Crippen LogP contribution in [0.1, 0.15) is 6.92 Å². The second-order valence-electron chi connectivity index (χ2n) is 2.79. The van der Waals surface area contributed by atoms with Crippen molar-refractivity contribution in [1.29, 1.82) is 0 Å². The number of anilines is 1. The fourth-order valence-electron chi connectivity index (χ4n) is 0.828. The number of hydrogen-bond donors (Lipinski definition) is 2. The molecule has 0 saturated heterocycles. The van der Waals surface area contributed by atoms with Crippen LogP contribution in [0.2, 0.25) is 5.02 Å². The smallest absolute Gasteiger partial charge is 0.237 e. The lowest BCUT2D eigenvalue weighted by atomic mass is 10.3. The van der Waals surface area contributed by atoms with E-state index in [0.717, 1.165) is 6.07 Å². The molecule has 1 N–H and O–H groups in total. The molecule has 5 heteroatoms. The van der Waals surface area contributed by atoms with Crippen molar-refractivity contribution in [3.8, 4) is 0 Å². The van der Waals surface area contributed by atoms with E-state index in [9.17, 15) is 9.18 Å². The van der Waals surface area contributed by atoms with Crippen molar-refractivity contribution in [2.45, 2.75) is 12.2 Å². The molecule has 1 amide bonds. The van der Waals surface area contributed by atoms with Gasteiger partial charge in [0.15, 0.2) is 0 Å². The van der Waals surface area contributed by atoms with Gasteiger partial charge in [0.05, 0.1) is 10.9 Å². The standard InChI is InChI=1S/C9H9ClFNOS/c1-5(14)9(13)12-8-3-2-6(10)4-7(8)11/h2-5,14H,1H3,(H,12,13). The Morgan fingerprint density at radius 3 is 2.79 bits per heavy atom. The van der Waals surface area contributed by atoms with E-state index in [1.165, 1.54) is 12.1 Å². The van der Waals surface area contributed by atoms with E-state index in [1.54, 1.807) is 6.92 Å². The van der Waals surface area contributed by atoms with Gasteiger partial charge in [-0.1, -0.05) is 11.6 Å². The fourth-order valence-corrected chi connectivity index (χ4v) is 1.05. The minimum Gasteiger partial charge on any atom is -0.323 e. The lowest BCUT2D eigenvalue weighted by molar-refractivity contribution is -0.115. The predicted octanol–water partition coefficient (Wildman–Crippen LogP) is 2.74. The highest BCUT2D eigenvalue weighted by molar-refractivity contribution is 7.81. The van der Waals surface area contributed by atoms with Gasteiger partial charge >= 0.3 is 0 Å². The molecule has 1 atom stereocenters. The molecule has 1 rings (SSSR count). The number of halogens is 2. The zero-order valence-corrected chi connectivity index (χ0v) is 9.07. The Bertz CT molecular complexity index is 357. The molecule has 0 spiro atoms. The van der Waals surface area contributed by atoms with Crippen LogP contribution < -0.4 is 5.32 Å². The first-order chi connectivity index (χ1) is 6.50. The first-order valence-electron chi connectivity index (χ1n) is 3.94. The van der Waals surface area contributed by atoms with Crippen molar-refractivity contribution in [3.05, 3.63) is 29.0 Å². The van der Waals surface area contributed by atoms with E-state index in [-0.39, 0.29) is 11.6 Å². The molecule has 76 valence electrons. The number of amides is 1. The molecule has 1 unspecified atom stereocenters. The average molecular weight is 234 g/mol. The molecule has 0 bridgehead atoms. The summed E-state index contributed by atoms with van der Waals surface area (Å²) in [5.41, 5.74) is 0.111. The van der Waals surface area contributed by atoms with Gasteiger partial charge < -0.3 is 5.32 Å². The van der Waals surface area contributed by atoms with E-state index in [1.807, 2.05) is 0 Å². The van der Waals surface area contributed by atoms with E-state index in [2.05, 4.69) is 17.9 Å². The van der Waals surface area contributed by atoms with Gasteiger partial charge in [0.25, 0.3) is 0 Å². The Balaban J connectivity index is 2.82. The van der Waals surface area contributed by atoms with Gasteiger partial charge in [-0.05, 0) is 25.1 Å². The summed E-state index contributed by atoms with van der Waals surface area (Å²) in [6.45, 7) is 1.60. The zero-order valence-electron chi connectivity index (χ0n) is 7.42. The number of benzene rings is 1. The predicted molar refractivity (Wildman–Crippen MR) is 58.5 cm³/mol. The van der Waals surface area contributed by atoms with Crippen LogP contribution in [0, 0.1) is 5.82 Å². The summed E-state index contributed by atoms with van der Waals surface area (Å²) in [6.07, 6.45) is 0. The minimum absolute atomic E-state index is 0.111. The summed E-state index contributed by atoms with van der Waals surface area (Å²) in [6, 6.07) is 4.05. The largest absolute Gasteiger partial charge is 0.323 e. The molecule has 14 heavy (non-hydrogen) atoms. The second kappa shape index (κ2) is 4.66. The Kier molecular flexibility index (Phi) is 3.77. The summed E-state index contributed by atoms with van der Waals surface area (Å²) in [5, 5.41) is 2.20. The third-order valence-electron chi connectivity index (χ3n) is 1.57. The number of carbonyl (C=O) groups excluding carboxylic acids is 1. The normalized spacial score (nSPS) is 12.3. The highest BCUT2D eigenvalue weighted by atomic mass is 35.5. The molecule has 0 aliphatic carbocycles. The van der Waals surface area contributed by atoms with Crippen molar-refractivity contribution in [2.24, 2.45) is 0 Å². The van der Waals surface area contributed by atoms with Crippen LogP contribution in [0.4, 0.5) is 10.1 Å². The summed E-state index contributed by atoms with van der Waals surface area (Å²) in [5.74, 6) is -0.908. The fraction of sp³-hybridized carbons (Fsp3) is 0.222. The topological polar surface area (TPSA) is 29.1 Å². The first-order valence-corrected chi connectivity index (χ1v) is 4.84. The molecule has 0 heterocycles. The number of nitrogens with one attached hydrogen (secondary N) is 1. The van der Waals surface area contributed by atoms with Crippen LogP contribution >= 0.6 is 24.2 Å². The lowest BCUT2D eigenvalue weighted by Crippen LogP contribution is -2.20. The van der Waals surface area contributed by atoms with E-state index >= 15 is 0 Å². The van der Waals surface area contributed by atoms with Crippen molar-refractivity contribution in [3.63, 3.8) is 0 Å². The molecule has 0 radical (unpaired) electrons. The Morgan fingerprint density at radius 1 is 1.64 bits per heavy atom. The molecular formula is C9H9ClFNOS. The summed E-state index contributed by atoms with van der Waals surface area (Å²) < 4.78 is 13.2. The van der Waals surface area contributed by atoms with Gasteiger partial charge in [0.1, 0.15) is 5.82 Å². The van der Waals surface area contributed by atoms with Crippen LogP contribution in [-0.4, -0.2) is 11.2 Å². The molecule has 0 aliphatic heterocycles. The van der Waals surface area contributed by atoms with Crippen molar-refractivity contribution in [2.75, 3.05) is 5.32 Å². The first kappa shape index (κ1) is 11.3. The molecule has 0 aromatic heterocycles. The molecule has 0 fully saturated rings. The molecule has 1 aromatic rings. The highest BCUT2D eigenvalue weighted by Crippen LogP contribution is 2.19. The second-order valence-corrected chi connectivity index (χ2v) is 4.00. The van der Waals surface area contributed by atoms with E-state index in [0.29, 0.717) is 5.02 Å². The number of thiol groups is 1. The summed E-state index contributed by atoms with van der Waals surface area (Å²) in [7, 11) is 0. The molecule has 2 nitrogen and oxygen atoms in total. The van der Waals surface area contributed by atoms with Crippen LogP contribution in [0.15, 0.2) is 18.2 Å². The van der Waals surface area contributed by atoms with E-state index in [4.69, 9.17) is 11.6 Å². The third kappa shape index (κ3) is 2.89. The highest BCUT2D eigenvalue weighted by Gasteiger charge is 2.10. The number of rotatable bonds is 2. The average Bonchev–Trinajstić information content (AvgIpc) is 2.09. The number of hydrogen-bond acceptors (Lipinski definition) is 2. The van der Waals surface area contributed by atoms with E-state index < -0.39 is 11.1 Å². The monoisotopic (exact) mass is 233 g/mol. The van der Waals surface area contributed by atoms with Crippen LogP contribution in [-0.2, 0) is 4.79 Å². The van der Waals surface area contributed by atoms with Gasteiger partial charge in [-0.15, -0.1) is 0 Å². The third-order valence-corrected chi connectivity index (χ3v) is 2.04. The maximum absolute atomic E-state index is 13.2. The minimum atomic E-state index is -0.556. The van der Waals surface area contributed by atoms with Gasteiger partial charge in [0, 0.05) is 5.02 Å². The van der Waals surface area contributed by atoms with Crippen LogP contribution in [0.25, 0.3) is 0 Å². The summed E-state index contributed by atoms with van der Waals surface area (Å²) >= 11 is 9.47. The molecule has 0 aliphatic rings. The van der Waals surface area contributed by atoms with Gasteiger partial charge in [0.2, 0.25) is 5.91 Å². The quantitative estimate of drug-likeness (QED) is 0.756. The van der Waals surface area contributed by atoms with Crippen LogP contribution in [0.5, 0.6) is 0 Å². The van der Waals surface area contributed by atoms with Crippen LogP contribution in [0.3, 0.4) is 0 Å². The Hall–Kier alpha value is -0.740.